The molecule has 1 nitrogen and oxygen atoms in total. The van der Waals surface area contributed by atoms with E-state index in [-0.39, 0.29) is 39.7 Å². The molecule has 0 N–H and O–H groups in total. The first-order valence-corrected chi connectivity index (χ1v) is 25.9. The topological polar surface area (TPSA) is 17.1 Å². The van der Waals surface area contributed by atoms with Gasteiger partial charge in [-0.1, -0.05) is 167 Å². The van der Waals surface area contributed by atoms with Crippen molar-refractivity contribution in [2.24, 2.45) is 0 Å². The summed E-state index contributed by atoms with van der Waals surface area (Å²) < 4.78 is 0. The van der Waals surface area contributed by atoms with E-state index in [9.17, 15) is 4.79 Å². The third-order valence-electron chi connectivity index (χ3n) is 10.9. The molecular formula is C45H78Br2OP2. The molecule has 0 fully saturated rings. The summed E-state index contributed by atoms with van der Waals surface area (Å²) in [7, 11) is -2.07. The first kappa shape index (κ1) is 49.9. The Hall–Kier alpha value is -0.0700. The van der Waals surface area contributed by atoms with Gasteiger partial charge < -0.3 is 34.0 Å². The highest BCUT2D eigenvalue weighted by atomic mass is 79.9. The lowest BCUT2D eigenvalue weighted by Crippen LogP contribution is -3.00. The molecule has 0 unspecified atom stereocenters. The number of benzene rings is 2. The fourth-order valence-electron chi connectivity index (χ4n) is 7.79. The highest BCUT2D eigenvalue weighted by Crippen LogP contribution is 2.64. The van der Waals surface area contributed by atoms with Crippen molar-refractivity contribution in [1.82, 2.24) is 0 Å². The number of hydrogen-bond donors (Lipinski definition) is 0. The normalized spacial score (nSPS) is 11.6. The standard InChI is InChI=1S/C45H78OP2.2BrH/c1-7-13-19-33-47(34-20-14-8-2,35-21-15-9-3)39-41-25-29-43(30-26-41)45(46)44-31-27-42(28-32-44)40-48(36-22-16-10-4,37-23-17-11-5)38-24-18-12-6;;/h25-32H,7-24,33-40H2,1-6H3;2*1H/q+2;;/p-2. The molecule has 2 aromatic rings. The summed E-state index contributed by atoms with van der Waals surface area (Å²) in [5.41, 5.74) is 4.63. The quantitative estimate of drug-likeness (QED) is 0.0436. The number of carbonyl (C=O) groups is 1. The second kappa shape index (κ2) is 30.3. The van der Waals surface area contributed by atoms with Gasteiger partial charge in [0.05, 0.1) is 49.3 Å². The van der Waals surface area contributed by atoms with Crippen LogP contribution in [0, 0.1) is 0 Å². The number of unbranched alkanes of at least 4 members (excludes halogenated alkanes) is 12. The summed E-state index contributed by atoms with van der Waals surface area (Å²) in [6.07, 6.45) is 35.7. The summed E-state index contributed by atoms with van der Waals surface area (Å²) in [6, 6.07) is 17.8. The Morgan fingerprint density at radius 1 is 0.380 bits per heavy atom. The summed E-state index contributed by atoms with van der Waals surface area (Å²) in [4.78, 5) is 13.7. The van der Waals surface area contributed by atoms with Crippen LogP contribution in [-0.4, -0.2) is 42.8 Å². The number of carbonyl (C=O) groups excluding carboxylic acids is 1. The molecule has 50 heavy (non-hydrogen) atoms. The number of halogens is 2. The van der Waals surface area contributed by atoms with E-state index in [0.717, 1.165) is 11.1 Å². The Morgan fingerprint density at radius 3 is 0.800 bits per heavy atom. The molecule has 0 saturated carbocycles. The van der Waals surface area contributed by atoms with Crippen LogP contribution in [-0.2, 0) is 12.3 Å². The largest absolute Gasteiger partial charge is 1.00 e. The Morgan fingerprint density at radius 2 is 0.600 bits per heavy atom. The zero-order chi connectivity index (χ0) is 34.9. The molecule has 5 heteroatoms. The van der Waals surface area contributed by atoms with E-state index >= 15 is 0 Å². The highest BCUT2D eigenvalue weighted by molar-refractivity contribution is 7.75. The van der Waals surface area contributed by atoms with E-state index in [2.05, 4.69) is 90.1 Å². The van der Waals surface area contributed by atoms with Crippen molar-refractivity contribution in [3.63, 3.8) is 0 Å². The minimum Gasteiger partial charge on any atom is -1.00 e. The van der Waals surface area contributed by atoms with E-state index in [1.165, 1.54) is 176 Å². The van der Waals surface area contributed by atoms with Gasteiger partial charge in [-0.3, -0.25) is 4.79 Å². The first-order valence-electron chi connectivity index (χ1n) is 20.8. The van der Waals surface area contributed by atoms with E-state index in [4.69, 9.17) is 0 Å². The lowest BCUT2D eigenvalue weighted by molar-refractivity contribution is -0.001000. The monoisotopic (exact) mass is 854 g/mol. The molecule has 2 rings (SSSR count). The summed E-state index contributed by atoms with van der Waals surface area (Å²) in [6.45, 7) is 14.0. The Labute approximate surface area is 334 Å². The van der Waals surface area contributed by atoms with Crippen LogP contribution in [0.5, 0.6) is 0 Å². The van der Waals surface area contributed by atoms with Crippen LogP contribution in [0.15, 0.2) is 48.5 Å². The second-order valence-electron chi connectivity index (χ2n) is 15.3. The molecule has 0 aliphatic rings. The minimum atomic E-state index is -1.04. The van der Waals surface area contributed by atoms with E-state index < -0.39 is 14.5 Å². The van der Waals surface area contributed by atoms with Crippen LogP contribution < -0.4 is 34.0 Å². The van der Waals surface area contributed by atoms with Gasteiger partial charge in [0.15, 0.2) is 5.78 Å². The average molecular weight is 857 g/mol. The third kappa shape index (κ3) is 19.3. The van der Waals surface area contributed by atoms with Crippen LogP contribution in [0.1, 0.15) is 184 Å². The van der Waals surface area contributed by atoms with Gasteiger partial charge in [-0.25, -0.2) is 0 Å². The molecular weight excluding hydrogens is 778 g/mol. The Bertz CT molecular complexity index is 947. The van der Waals surface area contributed by atoms with E-state index in [1.807, 2.05) is 0 Å². The van der Waals surface area contributed by atoms with Crippen molar-refractivity contribution in [2.75, 3.05) is 37.0 Å². The molecule has 0 aliphatic heterocycles. The van der Waals surface area contributed by atoms with Crippen LogP contribution in [0.2, 0.25) is 0 Å². The van der Waals surface area contributed by atoms with Crippen molar-refractivity contribution < 1.29 is 38.8 Å². The van der Waals surface area contributed by atoms with Gasteiger partial charge in [0.25, 0.3) is 0 Å². The maximum absolute atomic E-state index is 13.7. The van der Waals surface area contributed by atoms with Gasteiger partial charge in [0, 0.05) is 25.7 Å². The summed E-state index contributed by atoms with van der Waals surface area (Å²) in [5.74, 6) is 0.179. The predicted octanol–water partition coefficient (Wildman–Crippen LogP) is 9.10. The molecule has 0 heterocycles. The second-order valence-corrected chi connectivity index (χ2v) is 24.0. The predicted molar refractivity (Wildman–Crippen MR) is 224 cm³/mol. The van der Waals surface area contributed by atoms with Crippen LogP contribution in [0.25, 0.3) is 0 Å². The third-order valence-corrected chi connectivity index (χ3v) is 20.5. The SMILES string of the molecule is CCCCC[P+](CCCCC)(CCCCC)Cc1ccc(C(=O)c2ccc(C[P+](CCCCC)(CCCCC)CCCCC)cc2)cc1.[Br-].[Br-]. The van der Waals surface area contributed by atoms with Crippen molar-refractivity contribution in [1.29, 1.82) is 0 Å². The van der Waals surface area contributed by atoms with Crippen molar-refractivity contribution in [3.05, 3.63) is 70.8 Å². The average Bonchev–Trinajstić information content (AvgIpc) is 3.09. The summed E-state index contributed by atoms with van der Waals surface area (Å²) in [5, 5.41) is 0. The van der Waals surface area contributed by atoms with Gasteiger partial charge in [0.1, 0.15) is 0 Å². The summed E-state index contributed by atoms with van der Waals surface area (Å²) >= 11 is 0. The maximum atomic E-state index is 13.7. The van der Waals surface area contributed by atoms with Gasteiger partial charge in [-0.15, -0.1) is 0 Å². The van der Waals surface area contributed by atoms with Gasteiger partial charge >= 0.3 is 0 Å². The van der Waals surface area contributed by atoms with Crippen molar-refractivity contribution >= 4 is 20.3 Å². The van der Waals surface area contributed by atoms with E-state index in [0.29, 0.717) is 0 Å². The number of hydrogen-bond acceptors (Lipinski definition) is 1. The zero-order valence-corrected chi connectivity index (χ0v) is 38.5. The molecule has 0 spiro atoms. The van der Waals surface area contributed by atoms with Gasteiger partial charge in [0.2, 0.25) is 0 Å². The molecule has 288 valence electrons. The molecule has 0 radical (unpaired) electrons. The van der Waals surface area contributed by atoms with E-state index in [1.54, 1.807) is 0 Å². The lowest BCUT2D eigenvalue weighted by Gasteiger charge is -2.28. The zero-order valence-electron chi connectivity index (χ0n) is 33.6. The van der Waals surface area contributed by atoms with Crippen molar-refractivity contribution in [3.8, 4) is 0 Å². The maximum Gasteiger partial charge on any atom is 0.193 e. The molecule has 0 aliphatic carbocycles. The van der Waals surface area contributed by atoms with Crippen LogP contribution >= 0.6 is 14.5 Å². The highest BCUT2D eigenvalue weighted by Gasteiger charge is 2.37. The number of rotatable bonds is 30. The fraction of sp³-hybridized carbons (Fsp3) is 0.711. The van der Waals surface area contributed by atoms with Crippen LogP contribution in [0.3, 0.4) is 0 Å². The van der Waals surface area contributed by atoms with Crippen LogP contribution in [0.4, 0.5) is 0 Å². The lowest BCUT2D eigenvalue weighted by atomic mass is 10.0. The smallest absolute Gasteiger partial charge is 0.193 e. The Balaban J connectivity index is 0.0000120. The molecule has 0 aromatic heterocycles. The molecule has 0 saturated heterocycles. The van der Waals surface area contributed by atoms with Crippen molar-refractivity contribution in [2.45, 2.75) is 169 Å². The first-order chi connectivity index (χ1) is 23.4. The minimum absolute atomic E-state index is 0. The molecule has 2 aromatic carbocycles. The Kier molecular flexibility index (Phi) is 30.2. The molecule has 0 atom stereocenters. The molecule has 0 bridgehead atoms. The number of ketones is 1. The van der Waals surface area contributed by atoms with Gasteiger partial charge in [-0.05, 0) is 49.7 Å². The molecule has 0 amide bonds. The fourth-order valence-corrected chi connectivity index (χ4v) is 17.4. The van der Waals surface area contributed by atoms with Gasteiger partial charge in [-0.2, -0.15) is 0 Å².